The molecule has 0 saturated heterocycles. The van der Waals surface area contributed by atoms with Crippen LogP contribution in [0.3, 0.4) is 0 Å². The van der Waals surface area contributed by atoms with Gasteiger partial charge in [-0.1, -0.05) is 107 Å². The smallest absolute Gasteiger partial charge is 0.107 e. The maximum atomic E-state index is 6.51. The summed E-state index contributed by atoms with van der Waals surface area (Å²) in [6.07, 6.45) is 1.53. The van der Waals surface area contributed by atoms with Crippen LogP contribution in [-0.4, -0.2) is 9.97 Å². The van der Waals surface area contributed by atoms with Crippen LogP contribution in [0.25, 0.3) is 44.2 Å². The van der Waals surface area contributed by atoms with Crippen LogP contribution in [0.1, 0.15) is 52.7 Å². The highest BCUT2D eigenvalue weighted by Gasteiger charge is 2.20. The molecule has 5 heteroatoms. The van der Waals surface area contributed by atoms with Gasteiger partial charge in [-0.25, -0.2) is 0 Å². The van der Waals surface area contributed by atoms with Crippen molar-refractivity contribution in [2.75, 3.05) is 0 Å². The van der Waals surface area contributed by atoms with Gasteiger partial charge in [-0.3, -0.25) is 4.98 Å². The second-order valence-corrected chi connectivity index (χ2v) is 12.7. The molecule has 0 aliphatic carbocycles. The first-order chi connectivity index (χ1) is 16.8. The topological polar surface area (TPSA) is 28.7 Å². The molecule has 5 aromatic rings. The van der Waals surface area contributed by atoms with Gasteiger partial charge in [0.2, 0.25) is 0 Å². The molecule has 184 valence electrons. The molecule has 2 heterocycles. The van der Waals surface area contributed by atoms with Crippen LogP contribution in [0.4, 0.5) is 0 Å². The summed E-state index contributed by atoms with van der Waals surface area (Å²) in [5.41, 5.74) is 6.23. The van der Waals surface area contributed by atoms with E-state index >= 15 is 0 Å². The maximum Gasteiger partial charge on any atom is 0.107 e. The van der Waals surface area contributed by atoms with Crippen LogP contribution in [0.5, 0.6) is 0 Å². The normalized spacial score (nSPS) is 12.6. The second-order valence-electron chi connectivity index (χ2n) is 11.5. The van der Waals surface area contributed by atoms with Crippen LogP contribution in [-0.2, 0) is 10.8 Å². The minimum atomic E-state index is 0.0366. The summed E-state index contributed by atoms with van der Waals surface area (Å²) in [5, 5.41) is 5.81. The van der Waals surface area contributed by atoms with Crippen molar-refractivity contribution >= 4 is 56.3 Å². The van der Waals surface area contributed by atoms with E-state index in [1.165, 1.54) is 38.9 Å². The van der Waals surface area contributed by atoms with Gasteiger partial charge >= 0.3 is 0 Å². The number of aromatic amines is 1. The minimum Gasteiger partial charge on any atom is -0.353 e. The van der Waals surface area contributed by atoms with E-state index in [1.54, 1.807) is 0 Å². The molecule has 0 bridgehead atoms. The molecule has 0 atom stereocenters. The summed E-state index contributed by atoms with van der Waals surface area (Å²) in [7, 11) is 0. The van der Waals surface area contributed by atoms with Crippen LogP contribution >= 0.6 is 34.8 Å². The quantitative estimate of drug-likeness (QED) is 0.224. The number of halogens is 3. The Labute approximate surface area is 227 Å². The molecule has 0 amide bonds. The van der Waals surface area contributed by atoms with E-state index in [4.69, 9.17) is 34.8 Å². The van der Waals surface area contributed by atoms with Crippen molar-refractivity contribution in [1.82, 2.24) is 9.97 Å². The predicted octanol–water partition coefficient (Wildman–Crippen LogP) is 10.6. The largest absolute Gasteiger partial charge is 0.353 e. The number of hydrogen-bond acceptors (Lipinski definition) is 1. The summed E-state index contributed by atoms with van der Waals surface area (Å²) in [6.45, 7) is 13.5. The molecule has 0 spiro atoms. The fourth-order valence-corrected chi connectivity index (χ4v) is 5.24. The van der Waals surface area contributed by atoms with Crippen molar-refractivity contribution < 1.29 is 0 Å². The SMILES string of the molecule is CC(C)(C)c1ccc2c(-c3ccc(-c4ncc(Cl)c(Cl)c4Cl)[nH]3)c3cc(C(C)(C)C)ccc3cc2c1. The van der Waals surface area contributed by atoms with Crippen molar-refractivity contribution in [3.8, 4) is 22.6 Å². The number of H-pyrrole nitrogens is 1. The first-order valence-corrected chi connectivity index (χ1v) is 13.2. The van der Waals surface area contributed by atoms with Crippen LogP contribution in [0, 0.1) is 0 Å². The molecule has 2 nitrogen and oxygen atoms in total. The van der Waals surface area contributed by atoms with Crippen LogP contribution < -0.4 is 0 Å². The highest BCUT2D eigenvalue weighted by molar-refractivity contribution is 6.48. The Morgan fingerprint density at radius 3 is 1.97 bits per heavy atom. The van der Waals surface area contributed by atoms with E-state index in [0.717, 1.165) is 17.0 Å². The van der Waals surface area contributed by atoms with E-state index in [0.29, 0.717) is 20.8 Å². The summed E-state index contributed by atoms with van der Waals surface area (Å²) in [5.74, 6) is 0. The van der Waals surface area contributed by atoms with Crippen LogP contribution in [0.15, 0.2) is 60.8 Å². The van der Waals surface area contributed by atoms with Crippen molar-refractivity contribution in [3.05, 3.63) is 87.0 Å². The number of fused-ring (bicyclic) bond motifs is 2. The van der Waals surface area contributed by atoms with E-state index in [9.17, 15) is 0 Å². The van der Waals surface area contributed by atoms with Gasteiger partial charge in [0.15, 0.2) is 0 Å². The molecule has 0 aliphatic heterocycles. The summed E-state index contributed by atoms with van der Waals surface area (Å²) in [4.78, 5) is 8.02. The standard InChI is InChI=1S/C31H29Cl3N2/c1-30(2,3)19-9-10-21-18(14-19)13-17-7-8-20(31(4,5)6)15-22(17)26(21)24-11-12-25(36-24)29-28(34)27(33)23(32)16-35-29/h7-16,36H,1-6H3. The average Bonchev–Trinajstić information content (AvgIpc) is 3.28. The highest BCUT2D eigenvalue weighted by Crippen LogP contribution is 2.41. The Morgan fingerprint density at radius 1 is 0.639 bits per heavy atom. The van der Waals surface area contributed by atoms with Gasteiger partial charge in [0.1, 0.15) is 5.69 Å². The molecule has 0 radical (unpaired) electrons. The van der Waals surface area contributed by atoms with Crippen molar-refractivity contribution in [2.24, 2.45) is 0 Å². The molecule has 36 heavy (non-hydrogen) atoms. The fourth-order valence-electron chi connectivity index (χ4n) is 4.65. The van der Waals surface area contributed by atoms with E-state index in [-0.39, 0.29) is 10.8 Å². The van der Waals surface area contributed by atoms with Gasteiger partial charge in [0.25, 0.3) is 0 Å². The molecular weight excluding hydrogens is 507 g/mol. The van der Waals surface area contributed by atoms with Crippen molar-refractivity contribution in [2.45, 2.75) is 52.4 Å². The van der Waals surface area contributed by atoms with Gasteiger partial charge in [0.05, 0.1) is 20.8 Å². The van der Waals surface area contributed by atoms with Gasteiger partial charge in [-0.05, 0) is 67.8 Å². The molecule has 0 unspecified atom stereocenters. The lowest BCUT2D eigenvalue weighted by molar-refractivity contribution is 0.590. The molecule has 1 N–H and O–H groups in total. The number of aromatic nitrogens is 2. The Hall–Kier alpha value is -2.52. The number of pyridine rings is 1. The zero-order valence-corrected chi connectivity index (χ0v) is 23.6. The molecule has 5 rings (SSSR count). The molecule has 0 aliphatic rings. The van der Waals surface area contributed by atoms with Gasteiger partial charge in [-0.15, -0.1) is 0 Å². The third kappa shape index (κ3) is 4.41. The maximum absolute atomic E-state index is 6.51. The zero-order valence-electron chi connectivity index (χ0n) is 21.4. The van der Waals surface area contributed by atoms with Gasteiger partial charge in [-0.2, -0.15) is 0 Å². The predicted molar refractivity (Wildman–Crippen MR) is 157 cm³/mol. The first kappa shape index (κ1) is 25.1. The number of hydrogen-bond donors (Lipinski definition) is 1. The number of nitrogens with one attached hydrogen (secondary N) is 1. The van der Waals surface area contributed by atoms with Crippen molar-refractivity contribution in [3.63, 3.8) is 0 Å². The van der Waals surface area contributed by atoms with E-state index in [1.807, 2.05) is 6.07 Å². The Kier molecular flexibility index (Phi) is 6.15. The third-order valence-electron chi connectivity index (χ3n) is 6.81. The molecule has 0 fully saturated rings. The lowest BCUT2D eigenvalue weighted by Gasteiger charge is -2.22. The third-order valence-corrected chi connectivity index (χ3v) is 8.05. The Morgan fingerprint density at radius 2 is 1.28 bits per heavy atom. The van der Waals surface area contributed by atoms with E-state index < -0.39 is 0 Å². The minimum absolute atomic E-state index is 0.0366. The fraction of sp³-hybridized carbons (Fsp3) is 0.258. The lowest BCUT2D eigenvalue weighted by atomic mass is 9.82. The van der Waals surface area contributed by atoms with Gasteiger partial charge < -0.3 is 4.98 Å². The number of benzene rings is 3. The number of nitrogens with zero attached hydrogens (tertiary/aromatic N) is 1. The Balaban J connectivity index is 1.81. The zero-order chi connectivity index (χ0) is 26.0. The monoisotopic (exact) mass is 534 g/mol. The summed E-state index contributed by atoms with van der Waals surface area (Å²) in [6, 6.07) is 20.0. The molecule has 3 aromatic carbocycles. The van der Waals surface area contributed by atoms with Gasteiger partial charge in [0, 0.05) is 17.5 Å². The average molecular weight is 536 g/mol. The molecule has 2 aromatic heterocycles. The Bertz CT molecular complexity index is 1630. The summed E-state index contributed by atoms with van der Waals surface area (Å²) < 4.78 is 0. The number of rotatable bonds is 2. The summed E-state index contributed by atoms with van der Waals surface area (Å²) >= 11 is 18.9. The molecular formula is C31H29Cl3N2. The second kappa shape index (κ2) is 8.80. The highest BCUT2D eigenvalue weighted by atomic mass is 35.5. The van der Waals surface area contributed by atoms with Crippen LogP contribution in [0.2, 0.25) is 15.1 Å². The van der Waals surface area contributed by atoms with E-state index in [2.05, 4.69) is 100 Å². The first-order valence-electron chi connectivity index (χ1n) is 12.1. The van der Waals surface area contributed by atoms with Crippen molar-refractivity contribution in [1.29, 1.82) is 0 Å². The lowest BCUT2D eigenvalue weighted by Crippen LogP contribution is -2.11. The molecule has 0 saturated carbocycles.